The van der Waals surface area contributed by atoms with Crippen molar-refractivity contribution < 1.29 is 18.9 Å². The van der Waals surface area contributed by atoms with Gasteiger partial charge in [-0.25, -0.2) is 9.59 Å². The van der Waals surface area contributed by atoms with Crippen molar-refractivity contribution in [2.24, 2.45) is 0 Å². The predicted octanol–water partition coefficient (Wildman–Crippen LogP) is 1.93. The summed E-state index contributed by atoms with van der Waals surface area (Å²) in [5.41, 5.74) is 0.342. The second-order valence-corrected chi connectivity index (χ2v) is 6.13. The zero-order valence-corrected chi connectivity index (χ0v) is 12.5. The lowest BCUT2D eigenvalue weighted by Gasteiger charge is -2.13. The number of anilines is 1. The van der Waals surface area contributed by atoms with Crippen molar-refractivity contribution >= 4 is 40.1 Å². The lowest BCUT2D eigenvalue weighted by atomic mass is 10.2. The lowest BCUT2D eigenvalue weighted by molar-refractivity contribution is 0.0697. The molecule has 0 bridgehead atoms. The first kappa shape index (κ1) is 16.5. The van der Waals surface area contributed by atoms with Gasteiger partial charge < -0.3 is 15.7 Å². The van der Waals surface area contributed by atoms with Crippen LogP contribution in [0.4, 0.5) is 10.5 Å². The van der Waals surface area contributed by atoms with Crippen LogP contribution in [0.25, 0.3) is 0 Å². The first-order valence-electron chi connectivity index (χ1n) is 5.70. The van der Waals surface area contributed by atoms with Gasteiger partial charge in [-0.2, -0.15) is 0 Å². The second kappa shape index (κ2) is 7.25. The Kier molecular flexibility index (Phi) is 5.97. The minimum absolute atomic E-state index is 0.0348. The molecule has 1 aromatic carbocycles. The third kappa shape index (κ3) is 5.18. The van der Waals surface area contributed by atoms with Crippen LogP contribution in [0.2, 0.25) is 5.02 Å². The highest BCUT2D eigenvalue weighted by Crippen LogP contribution is 2.20. The molecular weight excluding hydrogens is 304 g/mol. The van der Waals surface area contributed by atoms with Crippen molar-refractivity contribution in [1.82, 2.24) is 5.32 Å². The standard InChI is InChI=1S/C12H15ClN2O4S/c1-7(6-20(2)19)14-12(18)15-8-3-4-9(11(16)17)10(13)5-8/h3-5,7H,6H2,1-2H3,(H,16,17)(H2,14,15,18). The van der Waals surface area contributed by atoms with Crippen LogP contribution < -0.4 is 10.6 Å². The molecule has 0 spiro atoms. The molecule has 0 heterocycles. The summed E-state index contributed by atoms with van der Waals surface area (Å²) in [5, 5.41) is 14.0. The van der Waals surface area contributed by atoms with E-state index < -0.39 is 22.8 Å². The number of carbonyl (C=O) groups excluding carboxylic acids is 1. The number of carboxylic acids is 1. The smallest absolute Gasteiger partial charge is 0.337 e. The summed E-state index contributed by atoms with van der Waals surface area (Å²) in [4.78, 5) is 22.4. The van der Waals surface area contributed by atoms with Crippen molar-refractivity contribution in [2.45, 2.75) is 13.0 Å². The highest BCUT2D eigenvalue weighted by Gasteiger charge is 2.12. The van der Waals surface area contributed by atoms with Gasteiger partial charge in [0.05, 0.1) is 10.6 Å². The second-order valence-electron chi connectivity index (χ2n) is 4.24. The van der Waals surface area contributed by atoms with Crippen molar-refractivity contribution in [3.63, 3.8) is 0 Å². The number of carboxylic acid groups (broad SMARTS) is 1. The fraction of sp³-hybridized carbons (Fsp3) is 0.333. The number of halogens is 1. The van der Waals surface area contributed by atoms with E-state index >= 15 is 0 Å². The molecule has 1 rings (SSSR count). The minimum atomic E-state index is -1.13. The molecule has 0 aliphatic heterocycles. The monoisotopic (exact) mass is 318 g/mol. The molecule has 2 atom stereocenters. The van der Waals surface area contributed by atoms with Crippen LogP contribution in [0.15, 0.2) is 18.2 Å². The average Bonchev–Trinajstić information content (AvgIpc) is 2.26. The van der Waals surface area contributed by atoms with Crippen LogP contribution in [0.1, 0.15) is 17.3 Å². The zero-order chi connectivity index (χ0) is 15.3. The van der Waals surface area contributed by atoms with Gasteiger partial charge in [0.2, 0.25) is 0 Å². The Hall–Kier alpha value is -1.60. The first-order valence-corrected chi connectivity index (χ1v) is 7.80. The SMILES string of the molecule is CC(CS(C)=O)NC(=O)Nc1ccc(C(=O)O)c(Cl)c1. The molecule has 8 heteroatoms. The van der Waals surface area contributed by atoms with E-state index in [9.17, 15) is 13.8 Å². The molecule has 3 N–H and O–H groups in total. The summed E-state index contributed by atoms with van der Waals surface area (Å²) in [6, 6.07) is 3.40. The van der Waals surface area contributed by atoms with Crippen LogP contribution in [-0.4, -0.2) is 39.4 Å². The fourth-order valence-electron chi connectivity index (χ4n) is 1.55. The van der Waals surface area contributed by atoms with Gasteiger partial charge in [0.15, 0.2) is 0 Å². The molecule has 1 aromatic rings. The van der Waals surface area contributed by atoms with Gasteiger partial charge in [-0.1, -0.05) is 11.6 Å². The summed E-state index contributed by atoms with van der Waals surface area (Å²) in [7, 11) is -0.999. The van der Waals surface area contributed by atoms with E-state index in [2.05, 4.69) is 10.6 Å². The Balaban J connectivity index is 2.65. The van der Waals surface area contributed by atoms with Gasteiger partial charge in [0, 0.05) is 34.5 Å². The minimum Gasteiger partial charge on any atom is -0.478 e. The Morgan fingerprint density at radius 3 is 2.60 bits per heavy atom. The van der Waals surface area contributed by atoms with Crippen LogP contribution in [0.5, 0.6) is 0 Å². The van der Waals surface area contributed by atoms with Gasteiger partial charge in [0.1, 0.15) is 0 Å². The Bertz CT molecular complexity index is 550. The topological polar surface area (TPSA) is 95.5 Å². The number of carbonyl (C=O) groups is 2. The normalized spacial score (nSPS) is 13.3. The molecule has 0 aliphatic carbocycles. The average molecular weight is 319 g/mol. The molecule has 0 radical (unpaired) electrons. The van der Waals surface area contributed by atoms with Crippen molar-refractivity contribution in [2.75, 3.05) is 17.3 Å². The molecule has 0 saturated carbocycles. The quantitative estimate of drug-likeness (QED) is 0.773. The number of nitrogens with one attached hydrogen (secondary N) is 2. The molecule has 0 aromatic heterocycles. The van der Waals surface area contributed by atoms with Gasteiger partial charge in [-0.15, -0.1) is 0 Å². The maximum atomic E-state index is 11.7. The molecule has 20 heavy (non-hydrogen) atoms. The van der Waals surface area contributed by atoms with E-state index in [0.717, 1.165) is 0 Å². The summed E-state index contributed by atoms with van der Waals surface area (Å²) in [5.74, 6) is -0.781. The molecule has 6 nitrogen and oxygen atoms in total. The van der Waals surface area contributed by atoms with E-state index in [1.54, 1.807) is 13.2 Å². The van der Waals surface area contributed by atoms with Gasteiger partial charge in [0.25, 0.3) is 0 Å². The number of urea groups is 1. The van der Waals surface area contributed by atoms with E-state index in [1.807, 2.05) is 0 Å². The molecule has 2 amide bonds. The maximum Gasteiger partial charge on any atom is 0.337 e. The molecular formula is C12H15ClN2O4S. The number of aromatic carboxylic acids is 1. The first-order chi connectivity index (χ1) is 9.29. The van der Waals surface area contributed by atoms with Gasteiger partial charge in [-0.3, -0.25) is 4.21 Å². The van der Waals surface area contributed by atoms with Gasteiger partial charge >= 0.3 is 12.0 Å². The maximum absolute atomic E-state index is 11.7. The Morgan fingerprint density at radius 2 is 2.10 bits per heavy atom. The summed E-state index contributed by atoms with van der Waals surface area (Å²) < 4.78 is 11.0. The van der Waals surface area contributed by atoms with Crippen molar-refractivity contribution in [3.05, 3.63) is 28.8 Å². The molecule has 0 aliphatic rings. The lowest BCUT2D eigenvalue weighted by Crippen LogP contribution is -2.39. The fourth-order valence-corrected chi connectivity index (χ4v) is 2.60. The predicted molar refractivity (Wildman–Crippen MR) is 79.0 cm³/mol. The largest absolute Gasteiger partial charge is 0.478 e. The van der Waals surface area contributed by atoms with Crippen molar-refractivity contribution in [3.8, 4) is 0 Å². The Morgan fingerprint density at radius 1 is 1.45 bits per heavy atom. The Labute approximate surface area is 124 Å². The zero-order valence-electron chi connectivity index (χ0n) is 11.0. The third-order valence-corrected chi connectivity index (χ3v) is 3.60. The number of hydrogen-bond acceptors (Lipinski definition) is 3. The number of hydrogen-bond donors (Lipinski definition) is 3. The van der Waals surface area contributed by atoms with E-state index in [-0.39, 0.29) is 16.6 Å². The van der Waals surface area contributed by atoms with Crippen LogP contribution >= 0.6 is 11.6 Å². The highest BCUT2D eigenvalue weighted by atomic mass is 35.5. The van der Waals surface area contributed by atoms with Crippen molar-refractivity contribution in [1.29, 1.82) is 0 Å². The molecule has 2 unspecified atom stereocenters. The summed E-state index contributed by atoms with van der Waals surface area (Å²) >= 11 is 5.79. The number of rotatable bonds is 5. The van der Waals surface area contributed by atoms with Gasteiger partial charge in [-0.05, 0) is 25.1 Å². The third-order valence-electron chi connectivity index (χ3n) is 2.32. The van der Waals surface area contributed by atoms with Crippen LogP contribution in [-0.2, 0) is 10.8 Å². The number of amides is 2. The van der Waals surface area contributed by atoms with Crippen LogP contribution in [0, 0.1) is 0 Å². The summed E-state index contributed by atoms with van der Waals surface area (Å²) in [6.45, 7) is 1.74. The molecule has 0 saturated heterocycles. The van der Waals surface area contributed by atoms with E-state index in [1.165, 1.54) is 18.2 Å². The highest BCUT2D eigenvalue weighted by molar-refractivity contribution is 7.84. The number of benzene rings is 1. The van der Waals surface area contributed by atoms with E-state index in [4.69, 9.17) is 16.7 Å². The van der Waals surface area contributed by atoms with E-state index in [0.29, 0.717) is 11.4 Å². The summed E-state index contributed by atoms with van der Waals surface area (Å²) in [6.07, 6.45) is 1.56. The molecule has 110 valence electrons. The molecule has 0 fully saturated rings. The van der Waals surface area contributed by atoms with Crippen LogP contribution in [0.3, 0.4) is 0 Å².